The van der Waals surface area contributed by atoms with Crippen LogP contribution in [0.1, 0.15) is 207 Å². The minimum absolute atomic E-state index is 0.00559. The monoisotopic (exact) mass is 1610 g/mol. The highest BCUT2D eigenvalue weighted by atomic mass is 16.6. The molecule has 7 aromatic carbocycles. The molecule has 0 aliphatic rings. The SMILES string of the molecule is C=C(C)C(=O)OCCCCCCOc1ccc(C(=O)Oc2ccc(-c3ccc(C(=O)OCCCCCCOC(=O)CCCOCCCOc4ccc(C(=O)OCCCOC(=O)CCC(=O)OCCCCCCOC(=O)c5ccc(-c6ccc(OC(=O)c7ccc(OCCCCCCOC(=O)C(=C)C)cc7)cc6)cc5)cc4)cc3)cc2)cc1. The summed E-state index contributed by atoms with van der Waals surface area (Å²) in [4.78, 5) is 123. The first-order chi connectivity index (χ1) is 56.9. The Bertz CT molecular complexity index is 4230. The van der Waals surface area contributed by atoms with Crippen LogP contribution in [-0.2, 0) is 66.6 Å². The molecule has 0 atom stereocenters. The van der Waals surface area contributed by atoms with Gasteiger partial charge in [-0.1, -0.05) is 61.7 Å². The van der Waals surface area contributed by atoms with Crippen molar-refractivity contribution in [3.63, 3.8) is 0 Å². The van der Waals surface area contributed by atoms with Gasteiger partial charge in [0.25, 0.3) is 0 Å². The van der Waals surface area contributed by atoms with E-state index in [1.807, 2.05) is 48.5 Å². The minimum Gasteiger partial charge on any atom is -0.494 e. The van der Waals surface area contributed by atoms with Crippen LogP contribution in [0.5, 0.6) is 28.7 Å². The summed E-state index contributed by atoms with van der Waals surface area (Å²) in [6.07, 6.45) is 14.0. The molecule has 7 rings (SSSR count). The Hall–Kier alpha value is -11.9. The van der Waals surface area contributed by atoms with Gasteiger partial charge >= 0.3 is 59.7 Å². The van der Waals surface area contributed by atoms with Crippen LogP contribution in [0.25, 0.3) is 22.3 Å². The summed E-state index contributed by atoms with van der Waals surface area (Å²) in [5.74, 6) is -1.89. The van der Waals surface area contributed by atoms with E-state index < -0.39 is 41.8 Å². The average molecular weight is 1610 g/mol. The van der Waals surface area contributed by atoms with Crippen molar-refractivity contribution >= 4 is 59.7 Å². The Morgan fingerprint density at radius 3 is 0.786 bits per heavy atom. The van der Waals surface area contributed by atoms with E-state index in [9.17, 15) is 47.9 Å². The molecule has 0 saturated heterocycles. The number of unbranched alkanes of at least 4 members (excludes halogenated alkanes) is 12. The van der Waals surface area contributed by atoms with Crippen molar-refractivity contribution in [2.75, 3.05) is 85.9 Å². The molecule has 0 heterocycles. The van der Waals surface area contributed by atoms with Crippen LogP contribution in [0.2, 0.25) is 0 Å². The summed E-state index contributed by atoms with van der Waals surface area (Å²) in [6.45, 7) is 14.4. The number of carbonyl (C=O) groups excluding carboxylic acids is 10. The predicted octanol–water partition coefficient (Wildman–Crippen LogP) is 17.9. The molecule has 0 fully saturated rings. The first-order valence-electron chi connectivity index (χ1n) is 40.1. The van der Waals surface area contributed by atoms with Gasteiger partial charge in [0.1, 0.15) is 28.7 Å². The van der Waals surface area contributed by atoms with Crippen LogP contribution in [0.3, 0.4) is 0 Å². The van der Waals surface area contributed by atoms with E-state index in [0.29, 0.717) is 159 Å². The van der Waals surface area contributed by atoms with E-state index in [1.54, 1.807) is 135 Å². The number of hydrogen-bond donors (Lipinski definition) is 0. The quantitative estimate of drug-likeness (QED) is 0.0112. The van der Waals surface area contributed by atoms with Crippen molar-refractivity contribution in [3.05, 3.63) is 222 Å². The lowest BCUT2D eigenvalue weighted by atomic mass is 10.0. The van der Waals surface area contributed by atoms with Crippen LogP contribution >= 0.6 is 0 Å². The van der Waals surface area contributed by atoms with Crippen molar-refractivity contribution in [1.29, 1.82) is 0 Å². The molecular formula is C93H108O24. The molecule has 0 radical (unpaired) electrons. The standard InChI is InChI=1S/C93H108O24/c1-68(2)87(97)111-61-17-9-5-13-57-105-79-45-39-77(40-46-79)92(102)116-82-49-33-72(34-50-82)70-25-29-74(30-26-70)89(99)113-63-19-11-7-15-59-108-84(94)24-21-55-104-56-22-65-107-81-43-37-76(38-44-81)91(101)115-67-23-66-110-86(96)54-53-85(95)109-60-16-8-12-20-64-114-90(100)75-31-27-71(28-32-75)73-35-51-83(52-36-73)117-93(103)78-41-47-80(48-42-78)106-58-14-6-10-18-62-112-88(98)69(3)4/h25-52H,1,3,5-24,53-67H2,2,4H3. The first-order valence-corrected chi connectivity index (χ1v) is 40.1. The van der Waals surface area contributed by atoms with E-state index in [4.69, 9.17) is 66.3 Å². The summed E-state index contributed by atoms with van der Waals surface area (Å²) in [5.41, 5.74) is 6.18. The largest absolute Gasteiger partial charge is 0.494 e. The fraction of sp³-hybridized carbons (Fsp3) is 0.398. The third-order valence-corrected chi connectivity index (χ3v) is 17.8. The van der Waals surface area contributed by atoms with E-state index in [0.717, 1.165) is 99.3 Å². The van der Waals surface area contributed by atoms with Gasteiger partial charge in [0.05, 0.1) is 113 Å². The molecule has 0 aromatic heterocycles. The lowest BCUT2D eigenvalue weighted by Crippen LogP contribution is -2.13. The molecule has 0 spiro atoms. The predicted molar refractivity (Wildman–Crippen MR) is 437 cm³/mol. The van der Waals surface area contributed by atoms with Gasteiger partial charge in [-0.15, -0.1) is 0 Å². The highest BCUT2D eigenvalue weighted by Crippen LogP contribution is 2.27. The van der Waals surface area contributed by atoms with Gasteiger partial charge in [-0.05, 0) is 267 Å². The number of ether oxygens (including phenoxy) is 14. The van der Waals surface area contributed by atoms with Gasteiger partial charge < -0.3 is 66.3 Å². The Balaban J connectivity index is 0.596. The second-order valence-corrected chi connectivity index (χ2v) is 27.6. The smallest absolute Gasteiger partial charge is 0.343 e. The molecular weight excluding hydrogens is 1500 g/mol. The molecule has 0 aliphatic heterocycles. The lowest BCUT2D eigenvalue weighted by Gasteiger charge is -2.09. The summed E-state index contributed by atoms with van der Waals surface area (Å²) < 4.78 is 76.5. The highest BCUT2D eigenvalue weighted by Gasteiger charge is 2.17. The molecule has 0 aliphatic carbocycles. The second-order valence-electron chi connectivity index (χ2n) is 27.6. The molecule has 7 aromatic rings. The third-order valence-electron chi connectivity index (χ3n) is 17.8. The van der Waals surface area contributed by atoms with E-state index >= 15 is 0 Å². The van der Waals surface area contributed by atoms with Crippen LogP contribution < -0.4 is 23.7 Å². The normalized spacial score (nSPS) is 10.8. The molecule has 0 amide bonds. The zero-order chi connectivity index (χ0) is 83.5. The second kappa shape index (κ2) is 54.0. The molecule has 0 unspecified atom stereocenters. The summed E-state index contributed by atoms with van der Waals surface area (Å²) in [6, 6.07) is 48.3. The van der Waals surface area contributed by atoms with Crippen molar-refractivity contribution in [3.8, 4) is 51.0 Å². The topological polar surface area (TPSA) is 300 Å². The summed E-state index contributed by atoms with van der Waals surface area (Å²) in [5, 5.41) is 0. The van der Waals surface area contributed by atoms with E-state index in [2.05, 4.69) is 13.2 Å². The number of carbonyl (C=O) groups is 10. The van der Waals surface area contributed by atoms with E-state index in [-0.39, 0.29) is 76.6 Å². The van der Waals surface area contributed by atoms with Crippen LogP contribution in [0.15, 0.2) is 194 Å². The Kier molecular flexibility index (Phi) is 42.6. The van der Waals surface area contributed by atoms with Crippen molar-refractivity contribution in [1.82, 2.24) is 0 Å². The third kappa shape index (κ3) is 37.5. The molecule has 117 heavy (non-hydrogen) atoms. The van der Waals surface area contributed by atoms with Crippen LogP contribution in [-0.4, -0.2) is 146 Å². The maximum atomic E-state index is 12.8. The molecule has 624 valence electrons. The van der Waals surface area contributed by atoms with Crippen LogP contribution in [0, 0.1) is 0 Å². The van der Waals surface area contributed by atoms with E-state index in [1.165, 1.54) is 0 Å². The Morgan fingerprint density at radius 1 is 0.222 bits per heavy atom. The number of benzene rings is 7. The Morgan fingerprint density at radius 2 is 0.453 bits per heavy atom. The van der Waals surface area contributed by atoms with Gasteiger partial charge in [-0.2, -0.15) is 0 Å². The van der Waals surface area contributed by atoms with Gasteiger partial charge in [-0.25, -0.2) is 33.6 Å². The maximum Gasteiger partial charge on any atom is 0.343 e. The maximum absolute atomic E-state index is 12.8. The molecule has 0 N–H and O–H groups in total. The lowest BCUT2D eigenvalue weighted by molar-refractivity contribution is -0.150. The van der Waals surface area contributed by atoms with Crippen LogP contribution in [0.4, 0.5) is 0 Å². The summed E-state index contributed by atoms with van der Waals surface area (Å²) in [7, 11) is 0. The Labute approximate surface area is 684 Å². The zero-order valence-electron chi connectivity index (χ0n) is 67.1. The number of hydrogen-bond acceptors (Lipinski definition) is 24. The average Bonchev–Trinajstić information content (AvgIpc) is 0.844. The highest BCUT2D eigenvalue weighted by molar-refractivity contribution is 5.94. The molecule has 0 bridgehead atoms. The number of rotatable bonds is 57. The summed E-state index contributed by atoms with van der Waals surface area (Å²) >= 11 is 0. The minimum atomic E-state index is -0.571. The van der Waals surface area contributed by atoms with Crippen molar-refractivity contribution < 1.29 is 114 Å². The fourth-order valence-electron chi connectivity index (χ4n) is 11.2. The molecule has 0 saturated carbocycles. The van der Waals surface area contributed by atoms with Gasteiger partial charge in [0.2, 0.25) is 0 Å². The van der Waals surface area contributed by atoms with Gasteiger partial charge in [0, 0.05) is 43.6 Å². The number of esters is 10. The van der Waals surface area contributed by atoms with Crippen molar-refractivity contribution in [2.45, 2.75) is 155 Å². The zero-order valence-corrected chi connectivity index (χ0v) is 67.1. The van der Waals surface area contributed by atoms with Crippen molar-refractivity contribution in [2.24, 2.45) is 0 Å². The molecule has 24 heteroatoms. The molecule has 24 nitrogen and oxygen atoms in total. The van der Waals surface area contributed by atoms with Gasteiger partial charge in [0.15, 0.2) is 0 Å². The first kappa shape index (κ1) is 92.3. The van der Waals surface area contributed by atoms with Gasteiger partial charge in [-0.3, -0.25) is 14.4 Å². The fourth-order valence-corrected chi connectivity index (χ4v) is 11.2.